The standard InChI is InChI=1S/C15H13NOS/c1-9-5-3-8-13-14(9)16-15(18-13)11-6-4-7-12(17)10(11)2/h3-8,17H,1-2H3. The van der Waals surface area contributed by atoms with Crippen LogP contribution in [-0.4, -0.2) is 10.1 Å². The first-order chi connectivity index (χ1) is 8.66. The fourth-order valence-corrected chi connectivity index (χ4v) is 3.18. The summed E-state index contributed by atoms with van der Waals surface area (Å²) in [6.07, 6.45) is 0. The highest BCUT2D eigenvalue weighted by Gasteiger charge is 2.11. The zero-order valence-corrected chi connectivity index (χ0v) is 11.1. The van der Waals surface area contributed by atoms with Crippen molar-refractivity contribution >= 4 is 21.6 Å². The molecule has 0 bridgehead atoms. The molecule has 3 heteroatoms. The van der Waals surface area contributed by atoms with Crippen LogP contribution in [0.25, 0.3) is 20.8 Å². The van der Waals surface area contributed by atoms with E-state index in [9.17, 15) is 5.11 Å². The summed E-state index contributed by atoms with van der Waals surface area (Å²) in [5.41, 5.74) is 4.14. The number of rotatable bonds is 1. The van der Waals surface area contributed by atoms with Crippen molar-refractivity contribution in [3.63, 3.8) is 0 Å². The van der Waals surface area contributed by atoms with Gasteiger partial charge in [0.15, 0.2) is 0 Å². The third kappa shape index (κ3) is 1.68. The van der Waals surface area contributed by atoms with Gasteiger partial charge in [-0.1, -0.05) is 24.3 Å². The molecule has 0 atom stereocenters. The van der Waals surface area contributed by atoms with E-state index in [1.807, 2.05) is 19.1 Å². The predicted molar refractivity (Wildman–Crippen MR) is 76.2 cm³/mol. The van der Waals surface area contributed by atoms with Gasteiger partial charge in [0.05, 0.1) is 10.2 Å². The number of aromatic hydroxyl groups is 1. The van der Waals surface area contributed by atoms with Crippen LogP contribution < -0.4 is 0 Å². The van der Waals surface area contributed by atoms with Gasteiger partial charge in [-0.15, -0.1) is 11.3 Å². The summed E-state index contributed by atoms with van der Waals surface area (Å²) in [7, 11) is 0. The second-order valence-corrected chi connectivity index (χ2v) is 5.42. The first kappa shape index (κ1) is 11.2. The Kier molecular flexibility index (Phi) is 2.56. The van der Waals surface area contributed by atoms with Gasteiger partial charge >= 0.3 is 0 Å². The number of nitrogens with zero attached hydrogens (tertiary/aromatic N) is 1. The monoisotopic (exact) mass is 255 g/mol. The van der Waals surface area contributed by atoms with Crippen LogP contribution in [0.15, 0.2) is 36.4 Å². The number of fused-ring (bicyclic) bond motifs is 1. The Balaban J connectivity index is 2.26. The lowest BCUT2D eigenvalue weighted by Gasteiger charge is -2.03. The maximum atomic E-state index is 9.77. The molecule has 0 spiro atoms. The third-order valence-corrected chi connectivity index (χ3v) is 4.21. The molecule has 1 N–H and O–H groups in total. The molecular weight excluding hydrogens is 242 g/mol. The third-order valence-electron chi connectivity index (χ3n) is 3.16. The quantitative estimate of drug-likeness (QED) is 0.703. The molecule has 90 valence electrons. The lowest BCUT2D eigenvalue weighted by atomic mass is 10.1. The van der Waals surface area contributed by atoms with Crippen LogP contribution in [0.5, 0.6) is 5.75 Å². The van der Waals surface area contributed by atoms with E-state index >= 15 is 0 Å². The van der Waals surface area contributed by atoms with Crippen molar-refractivity contribution in [1.29, 1.82) is 0 Å². The molecule has 0 aliphatic carbocycles. The van der Waals surface area contributed by atoms with Crippen molar-refractivity contribution in [2.24, 2.45) is 0 Å². The number of thiazole rings is 1. The van der Waals surface area contributed by atoms with Crippen molar-refractivity contribution in [3.05, 3.63) is 47.5 Å². The van der Waals surface area contributed by atoms with E-state index < -0.39 is 0 Å². The number of hydrogen-bond acceptors (Lipinski definition) is 3. The van der Waals surface area contributed by atoms with Crippen LogP contribution in [0.2, 0.25) is 0 Å². The minimum atomic E-state index is 0.323. The fraction of sp³-hybridized carbons (Fsp3) is 0.133. The molecule has 0 aliphatic heterocycles. The fourth-order valence-electron chi connectivity index (χ4n) is 2.06. The van der Waals surface area contributed by atoms with Gasteiger partial charge in [-0.3, -0.25) is 0 Å². The van der Waals surface area contributed by atoms with Crippen LogP contribution in [0.3, 0.4) is 0 Å². The smallest absolute Gasteiger partial charge is 0.125 e. The molecule has 0 fully saturated rings. The number of aryl methyl sites for hydroxylation is 1. The second-order valence-electron chi connectivity index (χ2n) is 4.39. The molecule has 18 heavy (non-hydrogen) atoms. The molecule has 0 saturated heterocycles. The summed E-state index contributed by atoms with van der Waals surface area (Å²) in [5, 5.41) is 10.7. The minimum Gasteiger partial charge on any atom is -0.508 e. The van der Waals surface area contributed by atoms with Gasteiger partial charge in [0.25, 0.3) is 0 Å². The zero-order valence-electron chi connectivity index (χ0n) is 10.3. The van der Waals surface area contributed by atoms with Crippen LogP contribution >= 0.6 is 11.3 Å². The van der Waals surface area contributed by atoms with Gasteiger partial charge in [0.1, 0.15) is 10.8 Å². The van der Waals surface area contributed by atoms with Gasteiger partial charge in [0, 0.05) is 11.1 Å². The van der Waals surface area contributed by atoms with Gasteiger partial charge in [-0.05, 0) is 31.5 Å². The molecule has 1 aromatic heterocycles. The van der Waals surface area contributed by atoms with E-state index in [1.54, 1.807) is 17.4 Å². The summed E-state index contributed by atoms with van der Waals surface area (Å²) in [5.74, 6) is 0.323. The average molecular weight is 255 g/mol. The van der Waals surface area contributed by atoms with Crippen molar-refractivity contribution in [1.82, 2.24) is 4.98 Å². The summed E-state index contributed by atoms with van der Waals surface area (Å²) in [6, 6.07) is 11.8. The number of para-hydroxylation sites is 1. The average Bonchev–Trinajstić information content (AvgIpc) is 2.78. The van der Waals surface area contributed by atoms with Crippen LogP contribution in [0.4, 0.5) is 0 Å². The topological polar surface area (TPSA) is 33.1 Å². The number of hydrogen-bond donors (Lipinski definition) is 1. The molecule has 0 radical (unpaired) electrons. The molecular formula is C15H13NOS. The summed E-state index contributed by atoms with van der Waals surface area (Å²) < 4.78 is 1.19. The highest BCUT2D eigenvalue weighted by Crippen LogP contribution is 2.35. The number of benzene rings is 2. The highest BCUT2D eigenvalue weighted by atomic mass is 32.1. The molecule has 0 saturated carbocycles. The van der Waals surface area contributed by atoms with Gasteiger partial charge < -0.3 is 5.11 Å². The van der Waals surface area contributed by atoms with E-state index in [4.69, 9.17) is 4.98 Å². The lowest BCUT2D eigenvalue weighted by molar-refractivity contribution is 0.471. The van der Waals surface area contributed by atoms with E-state index in [-0.39, 0.29) is 0 Å². The lowest BCUT2D eigenvalue weighted by Crippen LogP contribution is -1.83. The Morgan fingerprint density at radius 3 is 2.61 bits per heavy atom. The molecule has 2 nitrogen and oxygen atoms in total. The summed E-state index contributed by atoms with van der Waals surface area (Å²) in [6.45, 7) is 3.99. The minimum absolute atomic E-state index is 0.323. The molecule has 3 rings (SSSR count). The Hall–Kier alpha value is -1.87. The normalized spacial score (nSPS) is 11.0. The highest BCUT2D eigenvalue weighted by molar-refractivity contribution is 7.21. The van der Waals surface area contributed by atoms with Gasteiger partial charge in [0.2, 0.25) is 0 Å². The van der Waals surface area contributed by atoms with Gasteiger partial charge in [-0.25, -0.2) is 4.98 Å². The largest absolute Gasteiger partial charge is 0.508 e. The first-order valence-corrected chi connectivity index (χ1v) is 6.63. The van der Waals surface area contributed by atoms with E-state index in [0.29, 0.717) is 5.75 Å². The molecule has 2 aromatic carbocycles. The van der Waals surface area contributed by atoms with Crippen LogP contribution in [0.1, 0.15) is 11.1 Å². The van der Waals surface area contributed by atoms with Crippen LogP contribution in [-0.2, 0) is 0 Å². The van der Waals surface area contributed by atoms with Crippen molar-refractivity contribution in [2.45, 2.75) is 13.8 Å². The molecule has 1 heterocycles. The Morgan fingerprint density at radius 2 is 1.83 bits per heavy atom. The van der Waals surface area contributed by atoms with Crippen molar-refractivity contribution in [2.75, 3.05) is 0 Å². The molecule has 0 amide bonds. The van der Waals surface area contributed by atoms with Crippen molar-refractivity contribution in [3.8, 4) is 16.3 Å². The molecule has 0 aliphatic rings. The van der Waals surface area contributed by atoms with Crippen LogP contribution in [0, 0.1) is 13.8 Å². The number of aromatic nitrogens is 1. The van der Waals surface area contributed by atoms with Crippen molar-refractivity contribution < 1.29 is 5.11 Å². The Labute approximate surface area is 110 Å². The molecule has 0 unspecified atom stereocenters. The van der Waals surface area contributed by atoms with E-state index in [0.717, 1.165) is 21.7 Å². The van der Waals surface area contributed by atoms with Gasteiger partial charge in [-0.2, -0.15) is 0 Å². The maximum Gasteiger partial charge on any atom is 0.125 e. The number of phenols is 1. The maximum absolute atomic E-state index is 9.77. The van der Waals surface area contributed by atoms with E-state index in [2.05, 4.69) is 25.1 Å². The summed E-state index contributed by atoms with van der Waals surface area (Å²) >= 11 is 1.67. The molecule has 3 aromatic rings. The van der Waals surface area contributed by atoms with E-state index in [1.165, 1.54) is 10.3 Å². The first-order valence-electron chi connectivity index (χ1n) is 5.82. The number of phenolic OH excluding ortho intramolecular Hbond substituents is 1. The SMILES string of the molecule is Cc1c(O)cccc1-c1nc2c(C)cccc2s1. The second kappa shape index (κ2) is 4.10. The Morgan fingerprint density at radius 1 is 1.06 bits per heavy atom. The Bertz CT molecular complexity index is 730. The summed E-state index contributed by atoms with van der Waals surface area (Å²) in [4.78, 5) is 4.69. The predicted octanol–water partition coefficient (Wildman–Crippen LogP) is 4.29. The zero-order chi connectivity index (χ0) is 12.7.